The van der Waals surface area contributed by atoms with E-state index < -0.39 is 27.2 Å². The van der Waals surface area contributed by atoms with Crippen molar-refractivity contribution in [2.45, 2.75) is 20.8 Å². The molecule has 0 fully saturated rings. The van der Waals surface area contributed by atoms with Crippen molar-refractivity contribution in [3.63, 3.8) is 0 Å². The second-order valence-corrected chi connectivity index (χ2v) is 6.49. The van der Waals surface area contributed by atoms with Crippen LogP contribution in [0.4, 0.5) is 0 Å². The molecule has 0 aliphatic heterocycles. The van der Waals surface area contributed by atoms with Gasteiger partial charge in [-0.25, -0.2) is 4.79 Å². The van der Waals surface area contributed by atoms with E-state index in [9.17, 15) is 7.86 Å². The minimum Gasteiger partial charge on any atom is -1.00 e. The number of carbonyl (C=O) groups is 1. The van der Waals surface area contributed by atoms with Crippen LogP contribution in [0, 0.1) is 3.57 Å². The Hall–Kier alpha value is -0.730. The zero-order chi connectivity index (χ0) is 15.9. The number of halogens is 2. The fraction of sp³-hybridized carbons (Fsp3) is 0.533. The second-order valence-electron chi connectivity index (χ2n) is 4.89. The van der Waals surface area contributed by atoms with E-state index in [0.717, 1.165) is 30.7 Å². The lowest BCUT2D eigenvalue weighted by Gasteiger charge is -2.35. The van der Waals surface area contributed by atoms with Gasteiger partial charge in [-0.15, -0.1) is 0 Å². The van der Waals surface area contributed by atoms with Crippen LogP contribution in [0.3, 0.4) is 0 Å². The number of nitrogens with zero attached hydrogens (tertiary/aromatic N) is 1. The zero-order valence-corrected chi connectivity index (χ0v) is 16.1. The summed E-state index contributed by atoms with van der Waals surface area (Å²) in [6, 6.07) is 4.74. The molecule has 0 saturated carbocycles. The fourth-order valence-electron chi connectivity index (χ4n) is 2.33. The topological polar surface area (TPSA) is 63.6 Å². The van der Waals surface area contributed by atoms with Crippen LogP contribution in [0.1, 0.15) is 31.1 Å². The average molecular weight is 444 g/mol. The molecule has 1 rings (SSSR count). The van der Waals surface area contributed by atoms with Gasteiger partial charge in [0.15, 0.2) is 21.2 Å². The van der Waals surface area contributed by atoms with Gasteiger partial charge in [-0.2, -0.15) is 0 Å². The molecule has 1 aromatic rings. The number of benzene rings is 1. The van der Waals surface area contributed by atoms with E-state index in [1.807, 2.05) is 0 Å². The summed E-state index contributed by atoms with van der Waals surface area (Å²) < 4.78 is 18.1. The van der Waals surface area contributed by atoms with E-state index in [2.05, 4.69) is 20.8 Å². The zero-order valence-electron chi connectivity index (χ0n) is 13.1. The van der Waals surface area contributed by atoms with Crippen LogP contribution >= 0.6 is 21.2 Å². The van der Waals surface area contributed by atoms with Gasteiger partial charge in [0.1, 0.15) is 18.9 Å². The number of quaternary nitrogens is 1. The first-order valence-corrected chi connectivity index (χ1v) is 9.10. The second kappa shape index (κ2) is 10.1. The molecule has 0 bridgehead atoms. The smallest absolute Gasteiger partial charge is 0.337 e. The molecule has 5 nitrogen and oxygen atoms in total. The monoisotopic (exact) mass is 443 g/mol. The summed E-state index contributed by atoms with van der Waals surface area (Å²) in [4.78, 5) is 11.1. The maximum atomic E-state index is 11.1. The summed E-state index contributed by atoms with van der Waals surface area (Å²) in [5, 5.41) is 9.11. The fourth-order valence-corrected chi connectivity index (χ4v) is 3.28. The lowest BCUT2D eigenvalue weighted by Crippen LogP contribution is -3.00. The normalized spacial score (nSPS) is 10.9. The Labute approximate surface area is 148 Å². The number of aromatic carboxylic acids is 1. The first-order valence-electron chi connectivity index (χ1n) is 7.14. The third-order valence-electron chi connectivity index (χ3n) is 4.10. The Morgan fingerprint density at radius 1 is 1.23 bits per heavy atom. The maximum absolute atomic E-state index is 11.1. The molecule has 0 radical (unpaired) electrons. The first-order chi connectivity index (χ1) is 10.0. The molecule has 0 atom stereocenters. The molecule has 0 aromatic heterocycles. The Bertz CT molecular complexity index is 498. The number of rotatable bonds is 9. The quantitative estimate of drug-likeness (QED) is 0.435. The summed E-state index contributed by atoms with van der Waals surface area (Å²) in [5.74, 6) is -0.540. The van der Waals surface area contributed by atoms with Crippen molar-refractivity contribution in [2.75, 3.05) is 32.8 Å². The number of hydrogen-bond acceptors (Lipinski definition) is 3. The van der Waals surface area contributed by atoms with E-state index in [4.69, 9.17) is 9.84 Å². The van der Waals surface area contributed by atoms with Gasteiger partial charge in [0.2, 0.25) is 0 Å². The lowest BCUT2D eigenvalue weighted by molar-refractivity contribution is -0.923. The largest absolute Gasteiger partial charge is 1.00 e. The summed E-state index contributed by atoms with van der Waals surface area (Å²) in [7, 11) is 0. The number of hydrogen-bond donors (Lipinski definition) is 1. The van der Waals surface area contributed by atoms with Gasteiger partial charge < -0.3 is 26.7 Å². The molecule has 7 heteroatoms. The molecule has 0 aliphatic rings. The van der Waals surface area contributed by atoms with Crippen molar-refractivity contribution < 1.29 is 34.6 Å². The van der Waals surface area contributed by atoms with Gasteiger partial charge in [-0.05, 0) is 39.0 Å². The van der Waals surface area contributed by atoms with Crippen LogP contribution in [0.2, 0.25) is 0 Å². The minimum absolute atomic E-state index is 0. The Balaban J connectivity index is 0.00000441. The molecule has 0 amide bonds. The summed E-state index contributed by atoms with van der Waals surface area (Å²) in [6.07, 6.45) is 0. The lowest BCUT2D eigenvalue weighted by atomic mass is 10.2. The van der Waals surface area contributed by atoms with Crippen molar-refractivity contribution in [1.82, 2.24) is 0 Å². The van der Waals surface area contributed by atoms with Gasteiger partial charge in [0.25, 0.3) is 0 Å². The predicted octanol–water partition coefficient (Wildman–Crippen LogP) is 0.130. The summed E-state index contributed by atoms with van der Waals surface area (Å²) in [6.45, 7) is 11.1. The Morgan fingerprint density at radius 3 is 2.27 bits per heavy atom. The van der Waals surface area contributed by atoms with Crippen molar-refractivity contribution in [2.24, 2.45) is 0 Å². The van der Waals surface area contributed by atoms with Crippen LogP contribution in [0.5, 0.6) is 5.75 Å². The predicted molar refractivity (Wildman–Crippen MR) is 89.1 cm³/mol. The molecule has 22 heavy (non-hydrogen) atoms. The van der Waals surface area contributed by atoms with Gasteiger partial charge in [0.05, 0.1) is 28.8 Å². The molecule has 0 aliphatic carbocycles. The van der Waals surface area contributed by atoms with Crippen LogP contribution in [0.25, 0.3) is 0 Å². The van der Waals surface area contributed by atoms with Crippen molar-refractivity contribution in [3.05, 3.63) is 27.3 Å². The summed E-state index contributed by atoms with van der Waals surface area (Å²) >= 11 is -1.49. The van der Waals surface area contributed by atoms with Crippen molar-refractivity contribution in [1.29, 1.82) is 0 Å². The molecule has 0 unspecified atom stereocenters. The highest BCUT2D eigenvalue weighted by molar-refractivity contribution is 14.1. The molecule has 0 heterocycles. The average Bonchev–Trinajstić information content (AvgIpc) is 2.52. The number of likely N-dealkylation sites (N-methyl/N-ethyl adjacent to an activating group) is 1. The van der Waals surface area contributed by atoms with E-state index in [-0.39, 0.29) is 18.0 Å². The first kappa shape index (κ1) is 21.3. The van der Waals surface area contributed by atoms with Gasteiger partial charge in [-0.1, -0.05) is 0 Å². The number of ether oxygens (including phenoxy) is 1. The van der Waals surface area contributed by atoms with Gasteiger partial charge in [0, 0.05) is 0 Å². The molecule has 1 N–H and O–H groups in total. The molecular formula is C15H23ClINO4. The SMILES string of the molecule is CC[N+](CC)(CC)CCOc1ccc(I=O)c(C(=O)O)c1.[Cl-]. The van der Waals surface area contributed by atoms with E-state index in [0.29, 0.717) is 15.9 Å². The molecule has 126 valence electrons. The maximum Gasteiger partial charge on any atom is 0.337 e. The summed E-state index contributed by atoms with van der Waals surface area (Å²) in [5.41, 5.74) is 0.0810. The van der Waals surface area contributed by atoms with E-state index >= 15 is 0 Å². The van der Waals surface area contributed by atoms with E-state index in [1.165, 1.54) is 6.07 Å². The third kappa shape index (κ3) is 5.48. The molecule has 0 saturated heterocycles. The van der Waals surface area contributed by atoms with E-state index in [1.54, 1.807) is 12.1 Å². The Morgan fingerprint density at radius 2 is 1.82 bits per heavy atom. The standard InChI is InChI=1S/C15H22INO4.ClH/c1-4-17(5-2,6-3)9-10-21-12-7-8-14(16-20)13(11-12)15(18)19;/h7-8,11H,4-6,9-10H2,1-3H3;1H. The van der Waals surface area contributed by atoms with Crippen molar-refractivity contribution in [3.8, 4) is 5.75 Å². The number of carboxylic acids is 1. The van der Waals surface area contributed by atoms with Crippen LogP contribution in [0.15, 0.2) is 18.2 Å². The van der Waals surface area contributed by atoms with Crippen LogP contribution < -0.4 is 17.1 Å². The molecule has 1 aromatic carbocycles. The minimum atomic E-state index is -1.49. The van der Waals surface area contributed by atoms with Crippen molar-refractivity contribution >= 4 is 27.2 Å². The molecular weight excluding hydrogens is 421 g/mol. The number of carboxylic acid groups (broad SMARTS) is 1. The van der Waals surface area contributed by atoms with Gasteiger partial charge >= 0.3 is 5.97 Å². The van der Waals surface area contributed by atoms with Gasteiger partial charge in [-0.3, -0.25) is 3.07 Å². The highest BCUT2D eigenvalue weighted by atomic mass is 127. The van der Waals surface area contributed by atoms with Crippen LogP contribution in [-0.2, 0) is 3.07 Å². The third-order valence-corrected chi connectivity index (χ3v) is 5.51. The highest BCUT2D eigenvalue weighted by Gasteiger charge is 2.20. The highest BCUT2D eigenvalue weighted by Crippen LogP contribution is 2.22. The Kier molecular flexibility index (Phi) is 9.79. The molecule has 0 spiro atoms. The van der Waals surface area contributed by atoms with Crippen LogP contribution in [-0.4, -0.2) is 48.3 Å².